The summed E-state index contributed by atoms with van der Waals surface area (Å²) in [4.78, 5) is 0. The van der Waals surface area contributed by atoms with Crippen LogP contribution in [0.1, 0.15) is 12.0 Å². The number of halogens is 1. The minimum atomic E-state index is -0.0624. The van der Waals surface area contributed by atoms with Gasteiger partial charge in [-0.05, 0) is 24.0 Å². The van der Waals surface area contributed by atoms with Crippen molar-refractivity contribution in [3.63, 3.8) is 0 Å². The van der Waals surface area contributed by atoms with Crippen LogP contribution < -0.4 is 5.73 Å². The fourth-order valence-electron chi connectivity index (χ4n) is 2.17. The van der Waals surface area contributed by atoms with E-state index in [1.165, 1.54) is 0 Å². The first-order valence-corrected chi connectivity index (χ1v) is 5.18. The molecule has 2 nitrogen and oxygen atoms in total. The number of hydrogen-bond donors (Lipinski definition) is 2. The Kier molecular flexibility index (Phi) is 2.52. The average molecular weight is 212 g/mol. The number of nitrogens with two attached hydrogens (primary N) is 1. The molecule has 0 amide bonds. The summed E-state index contributed by atoms with van der Waals surface area (Å²) in [7, 11) is 0. The molecule has 2 rings (SSSR count). The van der Waals surface area contributed by atoms with Crippen molar-refractivity contribution < 1.29 is 5.11 Å². The minimum Gasteiger partial charge on any atom is -0.396 e. The lowest BCUT2D eigenvalue weighted by atomic mass is 9.93. The van der Waals surface area contributed by atoms with Gasteiger partial charge in [-0.3, -0.25) is 0 Å². The minimum absolute atomic E-state index is 0.0624. The molecular formula is C11H14ClNO. The van der Waals surface area contributed by atoms with Crippen molar-refractivity contribution in [2.24, 2.45) is 11.7 Å². The van der Waals surface area contributed by atoms with Gasteiger partial charge in [-0.25, -0.2) is 0 Å². The van der Waals surface area contributed by atoms with Gasteiger partial charge in [0.1, 0.15) is 0 Å². The van der Waals surface area contributed by atoms with E-state index in [0.29, 0.717) is 6.54 Å². The Morgan fingerprint density at radius 2 is 2.21 bits per heavy atom. The van der Waals surface area contributed by atoms with Gasteiger partial charge in [0.15, 0.2) is 0 Å². The number of aliphatic hydroxyl groups excluding tert-OH is 1. The third-order valence-electron chi connectivity index (χ3n) is 3.23. The fraction of sp³-hybridized carbons (Fsp3) is 0.455. The average Bonchev–Trinajstić information content (AvgIpc) is 2.93. The molecule has 1 fully saturated rings. The van der Waals surface area contributed by atoms with Crippen LogP contribution in [0.15, 0.2) is 24.3 Å². The maximum Gasteiger partial charge on any atom is 0.0468 e. The second-order valence-electron chi connectivity index (χ2n) is 3.92. The van der Waals surface area contributed by atoms with E-state index in [2.05, 4.69) is 0 Å². The normalized spacial score (nSPS) is 30.4. The molecule has 0 spiro atoms. The van der Waals surface area contributed by atoms with E-state index < -0.39 is 0 Å². The molecule has 0 aromatic heterocycles. The van der Waals surface area contributed by atoms with E-state index >= 15 is 0 Å². The summed E-state index contributed by atoms with van der Waals surface area (Å²) in [6.07, 6.45) is 0.948. The molecule has 2 unspecified atom stereocenters. The number of benzene rings is 1. The Hall–Kier alpha value is -0.570. The molecule has 0 bridgehead atoms. The van der Waals surface area contributed by atoms with E-state index in [4.69, 9.17) is 22.4 Å². The maximum absolute atomic E-state index is 9.13. The van der Waals surface area contributed by atoms with Gasteiger partial charge in [0, 0.05) is 23.6 Å². The highest BCUT2D eigenvalue weighted by molar-refractivity contribution is 6.31. The van der Waals surface area contributed by atoms with Crippen LogP contribution in [-0.4, -0.2) is 18.3 Å². The molecule has 0 radical (unpaired) electrons. The van der Waals surface area contributed by atoms with Crippen molar-refractivity contribution in [1.29, 1.82) is 0 Å². The van der Waals surface area contributed by atoms with Crippen LogP contribution in [-0.2, 0) is 5.41 Å². The van der Waals surface area contributed by atoms with Crippen LogP contribution in [0.5, 0.6) is 0 Å². The molecule has 0 heterocycles. The summed E-state index contributed by atoms with van der Waals surface area (Å²) < 4.78 is 0. The number of hydrogen-bond acceptors (Lipinski definition) is 2. The topological polar surface area (TPSA) is 46.2 Å². The zero-order chi connectivity index (χ0) is 10.2. The predicted octanol–water partition coefficient (Wildman–Crippen LogP) is 1.55. The predicted molar refractivity (Wildman–Crippen MR) is 57.4 cm³/mol. The highest BCUT2D eigenvalue weighted by atomic mass is 35.5. The van der Waals surface area contributed by atoms with Gasteiger partial charge in [-0.1, -0.05) is 29.8 Å². The summed E-state index contributed by atoms with van der Waals surface area (Å²) in [5, 5.41) is 9.88. The van der Waals surface area contributed by atoms with Crippen LogP contribution in [0.2, 0.25) is 5.02 Å². The number of aliphatic hydroxyl groups is 1. The van der Waals surface area contributed by atoms with Crippen LogP contribution in [0.4, 0.5) is 0 Å². The van der Waals surface area contributed by atoms with Crippen LogP contribution in [0.3, 0.4) is 0 Å². The number of rotatable bonds is 3. The van der Waals surface area contributed by atoms with Crippen molar-refractivity contribution >= 4 is 11.6 Å². The smallest absolute Gasteiger partial charge is 0.0468 e. The van der Waals surface area contributed by atoms with Crippen LogP contribution in [0.25, 0.3) is 0 Å². The molecule has 1 aliphatic rings. The molecule has 76 valence electrons. The standard InChI is InChI=1S/C11H14ClNO/c12-10-4-2-1-3-9(10)11(7-13)5-8(11)6-14/h1-4,8,14H,5-7,13H2. The van der Waals surface area contributed by atoms with Gasteiger partial charge < -0.3 is 10.8 Å². The molecule has 0 saturated heterocycles. The van der Waals surface area contributed by atoms with Crippen molar-refractivity contribution in [1.82, 2.24) is 0 Å². The molecule has 3 N–H and O–H groups in total. The van der Waals surface area contributed by atoms with Crippen molar-refractivity contribution in [3.05, 3.63) is 34.9 Å². The van der Waals surface area contributed by atoms with E-state index in [-0.39, 0.29) is 17.9 Å². The molecule has 14 heavy (non-hydrogen) atoms. The summed E-state index contributed by atoms with van der Waals surface area (Å²) >= 11 is 6.11. The second kappa shape index (κ2) is 3.54. The van der Waals surface area contributed by atoms with E-state index in [0.717, 1.165) is 17.0 Å². The fourth-order valence-corrected chi connectivity index (χ4v) is 2.50. The van der Waals surface area contributed by atoms with E-state index in [1.807, 2.05) is 24.3 Å². The van der Waals surface area contributed by atoms with Crippen LogP contribution in [0, 0.1) is 5.92 Å². The summed E-state index contributed by atoms with van der Waals surface area (Å²) in [6, 6.07) is 7.75. The first-order chi connectivity index (χ1) is 6.74. The SMILES string of the molecule is NCC1(c2ccccc2Cl)CC1CO. The Labute approximate surface area is 88.7 Å². The molecule has 1 aromatic rings. The highest BCUT2D eigenvalue weighted by Gasteiger charge is 2.54. The molecular weight excluding hydrogens is 198 g/mol. The van der Waals surface area contributed by atoms with Crippen molar-refractivity contribution in [2.45, 2.75) is 11.8 Å². The lowest BCUT2D eigenvalue weighted by Crippen LogP contribution is -2.23. The highest BCUT2D eigenvalue weighted by Crippen LogP contribution is 2.54. The Bertz CT molecular complexity index is 342. The van der Waals surface area contributed by atoms with Gasteiger partial charge in [0.25, 0.3) is 0 Å². The third kappa shape index (κ3) is 1.34. The van der Waals surface area contributed by atoms with Gasteiger partial charge in [0.2, 0.25) is 0 Å². The molecule has 1 aliphatic carbocycles. The van der Waals surface area contributed by atoms with Gasteiger partial charge in [-0.2, -0.15) is 0 Å². The summed E-state index contributed by atoms with van der Waals surface area (Å²) in [5.74, 6) is 0.285. The Morgan fingerprint density at radius 3 is 2.71 bits per heavy atom. The largest absolute Gasteiger partial charge is 0.396 e. The zero-order valence-electron chi connectivity index (χ0n) is 7.91. The van der Waals surface area contributed by atoms with Gasteiger partial charge in [-0.15, -0.1) is 0 Å². The quantitative estimate of drug-likeness (QED) is 0.797. The lowest BCUT2D eigenvalue weighted by Gasteiger charge is -2.16. The maximum atomic E-state index is 9.13. The summed E-state index contributed by atoms with van der Waals surface area (Å²) in [6.45, 7) is 0.754. The molecule has 1 aromatic carbocycles. The Balaban J connectivity index is 2.35. The first kappa shape index (κ1) is 9.97. The molecule has 1 saturated carbocycles. The molecule has 0 aliphatic heterocycles. The zero-order valence-corrected chi connectivity index (χ0v) is 8.67. The monoisotopic (exact) mass is 211 g/mol. The van der Waals surface area contributed by atoms with Crippen LogP contribution >= 0.6 is 11.6 Å². The molecule has 3 heteroatoms. The van der Waals surface area contributed by atoms with E-state index in [9.17, 15) is 0 Å². The first-order valence-electron chi connectivity index (χ1n) is 4.80. The van der Waals surface area contributed by atoms with Gasteiger partial charge >= 0.3 is 0 Å². The van der Waals surface area contributed by atoms with E-state index in [1.54, 1.807) is 0 Å². The summed E-state index contributed by atoms with van der Waals surface area (Å²) in [5.41, 5.74) is 6.79. The van der Waals surface area contributed by atoms with Crippen molar-refractivity contribution in [2.75, 3.05) is 13.2 Å². The van der Waals surface area contributed by atoms with Gasteiger partial charge in [0.05, 0.1) is 0 Å². The molecule has 2 atom stereocenters. The lowest BCUT2D eigenvalue weighted by molar-refractivity contribution is 0.264. The van der Waals surface area contributed by atoms with Crippen molar-refractivity contribution in [3.8, 4) is 0 Å². The third-order valence-corrected chi connectivity index (χ3v) is 3.56. The Morgan fingerprint density at radius 1 is 1.50 bits per heavy atom. The second-order valence-corrected chi connectivity index (χ2v) is 4.33.